The third-order valence-electron chi connectivity index (χ3n) is 4.94. The van der Waals surface area contributed by atoms with Crippen LogP contribution in [0.3, 0.4) is 0 Å². The Morgan fingerprint density at radius 3 is 1.83 bits per heavy atom. The Hall–Kier alpha value is -3.19. The van der Waals surface area contributed by atoms with E-state index in [9.17, 15) is 9.59 Å². The van der Waals surface area contributed by atoms with Crippen LogP contribution in [0.2, 0.25) is 0 Å². The fourth-order valence-electron chi connectivity index (χ4n) is 3.30. The van der Waals surface area contributed by atoms with Gasteiger partial charge in [-0.1, -0.05) is 59.7 Å². The van der Waals surface area contributed by atoms with Gasteiger partial charge in [0.25, 0.3) is 0 Å². The number of aryl methyl sites for hydroxylation is 2. The van der Waals surface area contributed by atoms with Crippen LogP contribution in [-0.4, -0.2) is 28.4 Å². The zero-order valence-electron chi connectivity index (χ0n) is 16.3. The molecule has 3 rings (SSSR count). The molecule has 0 fully saturated rings. The van der Waals surface area contributed by atoms with Gasteiger partial charge in [0.05, 0.1) is 5.92 Å². The number of thiocarbonyl (C=S) groups is 1. The van der Waals surface area contributed by atoms with Crippen LogP contribution < -0.4 is 11.5 Å². The number of benzene rings is 2. The van der Waals surface area contributed by atoms with Gasteiger partial charge >= 0.3 is 0 Å². The SMILES string of the molecule is Cc1ccc(C(=O)CC(C(=O)c2ccc(C)cc2)C2C(N)=NC(=S)N=C2N)cc1. The van der Waals surface area contributed by atoms with Crippen molar-refractivity contribution in [3.8, 4) is 0 Å². The van der Waals surface area contributed by atoms with Crippen molar-refractivity contribution in [2.75, 3.05) is 0 Å². The van der Waals surface area contributed by atoms with Crippen molar-refractivity contribution < 1.29 is 9.59 Å². The maximum Gasteiger partial charge on any atom is 0.222 e. The van der Waals surface area contributed by atoms with Crippen LogP contribution in [-0.2, 0) is 0 Å². The first-order valence-electron chi connectivity index (χ1n) is 9.19. The summed E-state index contributed by atoms with van der Waals surface area (Å²) in [6.45, 7) is 3.88. The molecule has 1 aliphatic heterocycles. The van der Waals surface area contributed by atoms with E-state index in [-0.39, 0.29) is 34.8 Å². The van der Waals surface area contributed by atoms with E-state index in [2.05, 4.69) is 9.98 Å². The van der Waals surface area contributed by atoms with Gasteiger partial charge in [-0.15, -0.1) is 0 Å². The molecule has 0 aromatic heterocycles. The summed E-state index contributed by atoms with van der Waals surface area (Å²) in [6.07, 6.45) is -0.0698. The minimum absolute atomic E-state index is 0.0163. The number of carbonyl (C=O) groups excluding carboxylic acids is 2. The minimum Gasteiger partial charge on any atom is -0.386 e. The van der Waals surface area contributed by atoms with E-state index in [4.69, 9.17) is 23.7 Å². The van der Waals surface area contributed by atoms with Gasteiger partial charge in [-0.2, -0.15) is 0 Å². The highest BCUT2D eigenvalue weighted by Gasteiger charge is 2.38. The molecule has 1 unspecified atom stereocenters. The van der Waals surface area contributed by atoms with Crippen LogP contribution in [0.5, 0.6) is 0 Å². The first-order chi connectivity index (χ1) is 13.8. The van der Waals surface area contributed by atoms with Gasteiger partial charge in [-0.25, -0.2) is 9.98 Å². The Morgan fingerprint density at radius 2 is 1.34 bits per heavy atom. The van der Waals surface area contributed by atoms with E-state index >= 15 is 0 Å². The lowest BCUT2D eigenvalue weighted by Crippen LogP contribution is -2.46. The summed E-state index contributed by atoms with van der Waals surface area (Å²) in [7, 11) is 0. The molecule has 1 aliphatic rings. The highest BCUT2D eigenvalue weighted by Crippen LogP contribution is 2.26. The second-order valence-corrected chi connectivity index (χ2v) is 7.53. The van der Waals surface area contributed by atoms with E-state index < -0.39 is 11.8 Å². The van der Waals surface area contributed by atoms with Crippen molar-refractivity contribution in [3.05, 3.63) is 70.8 Å². The van der Waals surface area contributed by atoms with E-state index in [1.54, 1.807) is 24.3 Å². The summed E-state index contributed by atoms with van der Waals surface area (Å²) in [6, 6.07) is 14.4. The quantitative estimate of drug-likeness (QED) is 0.566. The normalized spacial score (nSPS) is 15.4. The van der Waals surface area contributed by atoms with Gasteiger partial charge in [0.1, 0.15) is 11.7 Å². The lowest BCUT2D eigenvalue weighted by molar-refractivity contribution is 0.0842. The molecular formula is C22H22N4O2S. The fraction of sp³-hybridized carbons (Fsp3) is 0.227. The third-order valence-corrected chi connectivity index (χ3v) is 5.12. The average Bonchev–Trinajstić information content (AvgIpc) is 2.67. The second-order valence-electron chi connectivity index (χ2n) is 7.16. The van der Waals surface area contributed by atoms with Gasteiger partial charge in [-0.05, 0) is 26.1 Å². The third kappa shape index (κ3) is 4.63. The number of nitrogens with two attached hydrogens (primary N) is 2. The number of aliphatic imine (C=N–C) groups is 2. The van der Waals surface area contributed by atoms with Gasteiger partial charge in [0.2, 0.25) is 5.11 Å². The predicted molar refractivity (Wildman–Crippen MR) is 118 cm³/mol. The molecule has 29 heavy (non-hydrogen) atoms. The zero-order valence-corrected chi connectivity index (χ0v) is 17.1. The standard InChI is InChI=1S/C22H22N4O2S/c1-12-3-7-14(8-4-12)17(27)11-16(18-20(23)25-22(29)26-21(18)24)19(28)15-9-5-13(2)6-10-15/h3-10,16,18H,11H2,1-2H3,(H4,23,24,25,26,29). The van der Waals surface area contributed by atoms with Crippen molar-refractivity contribution in [3.63, 3.8) is 0 Å². The van der Waals surface area contributed by atoms with Gasteiger partial charge in [-0.3, -0.25) is 9.59 Å². The molecule has 0 radical (unpaired) electrons. The lowest BCUT2D eigenvalue weighted by Gasteiger charge is -2.27. The topological polar surface area (TPSA) is 111 Å². The number of hydrogen-bond donors (Lipinski definition) is 2. The molecular weight excluding hydrogens is 384 g/mol. The monoisotopic (exact) mass is 406 g/mol. The number of ketones is 2. The lowest BCUT2D eigenvalue weighted by atomic mass is 9.79. The summed E-state index contributed by atoms with van der Waals surface area (Å²) >= 11 is 4.96. The molecule has 2 aromatic rings. The molecule has 2 aromatic carbocycles. The van der Waals surface area contributed by atoms with Crippen LogP contribution >= 0.6 is 12.2 Å². The smallest absolute Gasteiger partial charge is 0.222 e. The number of amidine groups is 2. The van der Waals surface area contributed by atoms with Crippen molar-refractivity contribution in [1.29, 1.82) is 0 Å². The average molecular weight is 407 g/mol. The summed E-state index contributed by atoms with van der Waals surface area (Å²) < 4.78 is 0. The predicted octanol–water partition coefficient (Wildman–Crippen LogP) is 3.00. The van der Waals surface area contributed by atoms with E-state index in [1.807, 2.05) is 38.1 Å². The molecule has 4 N–H and O–H groups in total. The number of rotatable bonds is 6. The number of Topliss-reactive ketones (excluding diaryl/α,β-unsaturated/α-hetero) is 2. The van der Waals surface area contributed by atoms with Crippen LogP contribution in [0.15, 0.2) is 58.5 Å². The van der Waals surface area contributed by atoms with Crippen molar-refractivity contribution >= 4 is 40.6 Å². The van der Waals surface area contributed by atoms with E-state index in [1.165, 1.54) is 0 Å². The van der Waals surface area contributed by atoms with Crippen LogP contribution in [0, 0.1) is 25.7 Å². The first-order valence-corrected chi connectivity index (χ1v) is 9.60. The molecule has 0 saturated heterocycles. The Labute approximate surface area is 174 Å². The minimum atomic E-state index is -0.831. The number of hydrogen-bond acceptors (Lipinski definition) is 5. The molecule has 0 bridgehead atoms. The highest BCUT2D eigenvalue weighted by atomic mass is 32.1. The summed E-state index contributed by atoms with van der Waals surface area (Å²) in [5.74, 6) is -1.83. The van der Waals surface area contributed by atoms with Gasteiger partial charge in [0, 0.05) is 23.5 Å². The molecule has 0 aliphatic carbocycles. The Bertz CT molecular complexity index is 1000. The fourth-order valence-corrected chi connectivity index (χ4v) is 3.51. The summed E-state index contributed by atoms with van der Waals surface area (Å²) in [5.41, 5.74) is 15.2. The summed E-state index contributed by atoms with van der Waals surface area (Å²) in [4.78, 5) is 34.3. The number of carbonyl (C=O) groups is 2. The molecule has 1 atom stereocenters. The summed E-state index contributed by atoms with van der Waals surface area (Å²) in [5, 5.41) is 0.0163. The highest BCUT2D eigenvalue weighted by molar-refractivity contribution is 7.80. The molecule has 0 saturated carbocycles. The maximum absolute atomic E-state index is 13.3. The molecule has 6 nitrogen and oxygen atoms in total. The zero-order chi connectivity index (χ0) is 21.1. The van der Waals surface area contributed by atoms with Crippen molar-refractivity contribution in [2.24, 2.45) is 33.3 Å². The molecule has 0 amide bonds. The Morgan fingerprint density at radius 1 is 0.897 bits per heavy atom. The van der Waals surface area contributed by atoms with Gasteiger partial charge in [0.15, 0.2) is 11.6 Å². The van der Waals surface area contributed by atoms with Crippen LogP contribution in [0.25, 0.3) is 0 Å². The molecule has 0 spiro atoms. The molecule has 1 heterocycles. The van der Waals surface area contributed by atoms with E-state index in [0.29, 0.717) is 11.1 Å². The van der Waals surface area contributed by atoms with Gasteiger partial charge < -0.3 is 11.5 Å². The first kappa shape index (κ1) is 20.5. The van der Waals surface area contributed by atoms with Crippen molar-refractivity contribution in [1.82, 2.24) is 0 Å². The molecule has 148 valence electrons. The molecule has 7 heteroatoms. The maximum atomic E-state index is 13.3. The van der Waals surface area contributed by atoms with Crippen LogP contribution in [0.4, 0.5) is 0 Å². The van der Waals surface area contributed by atoms with Crippen LogP contribution in [0.1, 0.15) is 38.3 Å². The Kier molecular flexibility index (Phi) is 5.98. The second kappa shape index (κ2) is 8.45. The Balaban J connectivity index is 1.98. The number of nitrogens with zero attached hydrogens (tertiary/aromatic N) is 2. The van der Waals surface area contributed by atoms with E-state index in [0.717, 1.165) is 11.1 Å². The largest absolute Gasteiger partial charge is 0.386 e. The van der Waals surface area contributed by atoms with Crippen molar-refractivity contribution in [2.45, 2.75) is 20.3 Å².